The van der Waals surface area contributed by atoms with E-state index < -0.39 is 7.12 Å². The average molecular weight is 279 g/mol. The molecule has 0 unspecified atom stereocenters. The number of rotatable bonds is 4. The summed E-state index contributed by atoms with van der Waals surface area (Å²) in [6, 6.07) is 4.43. The van der Waals surface area contributed by atoms with Crippen molar-refractivity contribution in [3.8, 4) is 0 Å². The lowest BCUT2D eigenvalue weighted by molar-refractivity contribution is 0.109. The number of hydrogen-bond donors (Lipinski definition) is 2. The van der Waals surface area contributed by atoms with Gasteiger partial charge in [-0.15, -0.1) is 0 Å². The molecule has 1 aromatic rings. The first-order valence-electron chi connectivity index (χ1n) is 7.30. The van der Waals surface area contributed by atoms with Crippen LogP contribution in [0.15, 0.2) is 18.2 Å². The normalized spacial score (nSPS) is 19.1. The Kier molecular flexibility index (Phi) is 4.84. The molecule has 1 saturated heterocycles. The summed E-state index contributed by atoms with van der Waals surface area (Å²) in [6.07, 6.45) is 3.50. The second-order valence-electron chi connectivity index (χ2n) is 6.16. The molecule has 0 bridgehead atoms. The fraction of sp³-hybridized carbons (Fsp3) is 0.600. The van der Waals surface area contributed by atoms with Gasteiger partial charge < -0.3 is 10.0 Å². The highest BCUT2D eigenvalue weighted by atomic mass is 19.1. The summed E-state index contributed by atoms with van der Waals surface area (Å²) < 4.78 is 13.9. The van der Waals surface area contributed by atoms with Gasteiger partial charge in [0.15, 0.2) is 0 Å². The molecule has 1 heterocycles. The van der Waals surface area contributed by atoms with Crippen LogP contribution in [0.5, 0.6) is 0 Å². The van der Waals surface area contributed by atoms with E-state index in [9.17, 15) is 4.39 Å². The van der Waals surface area contributed by atoms with Gasteiger partial charge in [-0.3, -0.25) is 4.90 Å². The third kappa shape index (κ3) is 3.60. The molecule has 110 valence electrons. The van der Waals surface area contributed by atoms with Crippen LogP contribution in [-0.4, -0.2) is 35.2 Å². The van der Waals surface area contributed by atoms with Crippen LogP contribution in [0, 0.1) is 11.2 Å². The molecule has 1 fully saturated rings. The number of hydrogen-bond acceptors (Lipinski definition) is 3. The molecule has 0 amide bonds. The molecule has 0 atom stereocenters. The number of halogens is 1. The van der Waals surface area contributed by atoms with E-state index >= 15 is 0 Å². The van der Waals surface area contributed by atoms with Crippen molar-refractivity contribution >= 4 is 12.6 Å². The third-order valence-electron chi connectivity index (χ3n) is 4.69. The molecule has 1 aliphatic heterocycles. The van der Waals surface area contributed by atoms with E-state index in [0.29, 0.717) is 17.5 Å². The summed E-state index contributed by atoms with van der Waals surface area (Å²) in [5.74, 6) is -0.362. The van der Waals surface area contributed by atoms with Crippen molar-refractivity contribution in [2.24, 2.45) is 5.41 Å². The summed E-state index contributed by atoms with van der Waals surface area (Å²) >= 11 is 0. The molecule has 3 nitrogen and oxygen atoms in total. The summed E-state index contributed by atoms with van der Waals surface area (Å²) in [5, 5.41) is 18.0. The highest BCUT2D eigenvalue weighted by Gasteiger charge is 2.28. The average Bonchev–Trinajstić information content (AvgIpc) is 2.43. The predicted molar refractivity (Wildman–Crippen MR) is 79.1 cm³/mol. The van der Waals surface area contributed by atoms with Gasteiger partial charge in [0.05, 0.1) is 0 Å². The maximum absolute atomic E-state index is 13.9. The van der Waals surface area contributed by atoms with Crippen molar-refractivity contribution in [2.45, 2.75) is 39.7 Å². The van der Waals surface area contributed by atoms with Gasteiger partial charge in [0, 0.05) is 12.1 Å². The smallest absolute Gasteiger partial charge is 0.423 e. The van der Waals surface area contributed by atoms with E-state index in [0.717, 1.165) is 25.9 Å². The van der Waals surface area contributed by atoms with Crippen molar-refractivity contribution in [3.05, 3.63) is 29.6 Å². The van der Waals surface area contributed by atoms with Crippen molar-refractivity contribution in [1.29, 1.82) is 0 Å². The van der Waals surface area contributed by atoms with Crippen molar-refractivity contribution in [1.82, 2.24) is 4.90 Å². The van der Waals surface area contributed by atoms with Gasteiger partial charge in [-0.25, -0.2) is 4.39 Å². The molecule has 2 N–H and O–H groups in total. The van der Waals surface area contributed by atoms with Gasteiger partial charge in [-0.05, 0) is 42.9 Å². The number of likely N-dealkylation sites (tertiary alicyclic amines) is 1. The topological polar surface area (TPSA) is 43.7 Å². The largest absolute Gasteiger partial charge is 0.488 e. The summed E-state index contributed by atoms with van der Waals surface area (Å²) in [5.41, 5.74) is 1.25. The van der Waals surface area contributed by atoms with Crippen LogP contribution in [0.4, 0.5) is 4.39 Å². The van der Waals surface area contributed by atoms with Gasteiger partial charge in [0.2, 0.25) is 0 Å². The van der Waals surface area contributed by atoms with Crippen LogP contribution in [0.3, 0.4) is 0 Å². The fourth-order valence-corrected chi connectivity index (χ4v) is 2.70. The Morgan fingerprint density at radius 2 is 1.95 bits per heavy atom. The minimum atomic E-state index is -1.61. The minimum absolute atomic E-state index is 0.198. The van der Waals surface area contributed by atoms with E-state index in [4.69, 9.17) is 10.0 Å². The molecule has 0 aromatic heterocycles. The van der Waals surface area contributed by atoms with Gasteiger partial charge in [-0.1, -0.05) is 32.4 Å². The van der Waals surface area contributed by atoms with Crippen LogP contribution >= 0.6 is 0 Å². The molecular weight excluding hydrogens is 256 g/mol. The van der Waals surface area contributed by atoms with Crippen LogP contribution in [-0.2, 0) is 6.54 Å². The molecule has 2 rings (SSSR count). The number of benzene rings is 1. The maximum atomic E-state index is 13.9. The molecule has 5 heteroatoms. The second-order valence-corrected chi connectivity index (χ2v) is 6.16. The SMILES string of the molecule is CCC1(C)CCN(Cc2ccc(B(O)O)cc2F)CC1. The standard InChI is InChI=1S/C15H23BFNO2/c1-3-15(2)6-8-18(9-7-15)11-12-4-5-13(16(19)20)10-14(12)17/h4-5,10,19-20H,3,6-9,11H2,1-2H3. The van der Waals surface area contributed by atoms with Gasteiger partial charge in [0.1, 0.15) is 5.82 Å². The quantitative estimate of drug-likeness (QED) is 0.821. The van der Waals surface area contributed by atoms with Gasteiger partial charge >= 0.3 is 7.12 Å². The third-order valence-corrected chi connectivity index (χ3v) is 4.69. The first-order valence-corrected chi connectivity index (χ1v) is 7.30. The zero-order valence-electron chi connectivity index (χ0n) is 12.3. The van der Waals surface area contributed by atoms with Gasteiger partial charge in [0.25, 0.3) is 0 Å². The summed E-state index contributed by atoms with van der Waals surface area (Å²) in [6.45, 7) is 7.13. The molecule has 0 spiro atoms. The molecule has 0 radical (unpaired) electrons. The predicted octanol–water partition coefficient (Wildman–Crippen LogP) is 1.52. The minimum Gasteiger partial charge on any atom is -0.423 e. The fourth-order valence-electron chi connectivity index (χ4n) is 2.70. The zero-order valence-corrected chi connectivity index (χ0v) is 12.3. The van der Waals surface area contributed by atoms with E-state index in [1.54, 1.807) is 12.1 Å². The lowest BCUT2D eigenvalue weighted by Gasteiger charge is -2.39. The van der Waals surface area contributed by atoms with Crippen LogP contribution in [0.1, 0.15) is 38.7 Å². The van der Waals surface area contributed by atoms with E-state index in [-0.39, 0.29) is 11.3 Å². The van der Waals surface area contributed by atoms with E-state index in [2.05, 4.69) is 18.7 Å². The lowest BCUT2D eigenvalue weighted by atomic mass is 9.78. The molecule has 0 aliphatic carbocycles. The zero-order chi connectivity index (χ0) is 14.8. The van der Waals surface area contributed by atoms with Gasteiger partial charge in [-0.2, -0.15) is 0 Å². The van der Waals surface area contributed by atoms with E-state index in [1.807, 2.05) is 0 Å². The molecule has 0 saturated carbocycles. The van der Waals surface area contributed by atoms with Crippen LogP contribution in [0.25, 0.3) is 0 Å². The Labute approximate surface area is 120 Å². The number of piperidine rings is 1. The Hall–Kier alpha value is -0.905. The molecule has 1 aromatic carbocycles. The maximum Gasteiger partial charge on any atom is 0.488 e. The highest BCUT2D eigenvalue weighted by molar-refractivity contribution is 6.58. The first kappa shape index (κ1) is 15.5. The Balaban J connectivity index is 1.98. The highest BCUT2D eigenvalue weighted by Crippen LogP contribution is 2.34. The Bertz CT molecular complexity index is 459. The van der Waals surface area contributed by atoms with Crippen LogP contribution < -0.4 is 5.46 Å². The summed E-state index contributed by atoms with van der Waals surface area (Å²) in [7, 11) is -1.61. The molecule has 20 heavy (non-hydrogen) atoms. The van der Waals surface area contributed by atoms with Crippen molar-refractivity contribution < 1.29 is 14.4 Å². The Morgan fingerprint density at radius 1 is 1.30 bits per heavy atom. The number of nitrogens with zero attached hydrogens (tertiary/aromatic N) is 1. The lowest BCUT2D eigenvalue weighted by Crippen LogP contribution is -2.38. The summed E-state index contributed by atoms with van der Waals surface area (Å²) in [4.78, 5) is 2.27. The molecular formula is C15H23BFNO2. The van der Waals surface area contributed by atoms with Crippen molar-refractivity contribution in [2.75, 3.05) is 13.1 Å². The Morgan fingerprint density at radius 3 is 2.45 bits per heavy atom. The monoisotopic (exact) mass is 279 g/mol. The van der Waals surface area contributed by atoms with Crippen LogP contribution in [0.2, 0.25) is 0 Å². The molecule has 1 aliphatic rings. The second kappa shape index (κ2) is 6.25. The first-order chi connectivity index (χ1) is 9.43. The van der Waals surface area contributed by atoms with Crippen molar-refractivity contribution in [3.63, 3.8) is 0 Å². The van der Waals surface area contributed by atoms with E-state index in [1.165, 1.54) is 12.5 Å².